The second kappa shape index (κ2) is 11.8. The fourth-order valence-corrected chi connectivity index (χ4v) is 5.72. The molecule has 1 fully saturated rings. The van der Waals surface area contributed by atoms with Crippen LogP contribution < -0.4 is 4.74 Å². The van der Waals surface area contributed by atoms with Crippen LogP contribution in [0.4, 0.5) is 0 Å². The first-order valence-corrected chi connectivity index (χ1v) is 14.4. The minimum absolute atomic E-state index is 0.0939. The van der Waals surface area contributed by atoms with E-state index in [1.165, 1.54) is 11.8 Å². The maximum absolute atomic E-state index is 13.0. The number of benzene rings is 2. The first-order chi connectivity index (χ1) is 18.8. The van der Waals surface area contributed by atoms with Gasteiger partial charge in [-0.25, -0.2) is 4.68 Å². The molecule has 1 saturated heterocycles. The highest BCUT2D eigenvalue weighted by Gasteiger charge is 2.31. The van der Waals surface area contributed by atoms with Crippen LogP contribution in [0.25, 0.3) is 23.0 Å². The van der Waals surface area contributed by atoms with Crippen molar-refractivity contribution in [1.29, 1.82) is 0 Å². The second-order valence-electron chi connectivity index (χ2n) is 10.7. The number of amides is 1. The molecule has 5 rings (SSSR count). The molecular formula is C31H36N4O3S. The first-order valence-electron chi connectivity index (χ1n) is 13.6. The Balaban J connectivity index is 1.45. The number of thioether (sulfide) groups is 1. The van der Waals surface area contributed by atoms with Gasteiger partial charge in [0.1, 0.15) is 11.4 Å². The molecule has 2 atom stereocenters. The third-order valence-electron chi connectivity index (χ3n) is 6.75. The van der Waals surface area contributed by atoms with E-state index in [-0.39, 0.29) is 18.1 Å². The molecule has 2 aromatic carbocycles. The van der Waals surface area contributed by atoms with Crippen LogP contribution >= 0.6 is 11.8 Å². The summed E-state index contributed by atoms with van der Waals surface area (Å²) in [6.07, 6.45) is 5.09. The SMILES string of the molecule is Cc1cc(-c2nn(-c3ccccc3)cc2/C=C2\SC(N3CC(C)OC(C)C3)=NC2=O)ccc1OCCC(C)C. The molecule has 1 amide bonds. The number of hydrogen-bond acceptors (Lipinski definition) is 6. The van der Waals surface area contributed by atoms with Crippen LogP contribution in [0, 0.1) is 12.8 Å². The summed E-state index contributed by atoms with van der Waals surface area (Å²) in [5, 5.41) is 5.69. The van der Waals surface area contributed by atoms with Gasteiger partial charge in [-0.2, -0.15) is 10.1 Å². The van der Waals surface area contributed by atoms with E-state index in [1.54, 1.807) is 0 Å². The number of morpholine rings is 1. The number of aliphatic imine (C=N–C) groups is 1. The lowest BCUT2D eigenvalue weighted by molar-refractivity contribution is -0.113. The average molecular weight is 545 g/mol. The number of carbonyl (C=O) groups is 1. The molecule has 2 unspecified atom stereocenters. The number of aromatic nitrogens is 2. The predicted octanol–water partition coefficient (Wildman–Crippen LogP) is 6.35. The number of amidine groups is 1. The molecule has 7 nitrogen and oxygen atoms in total. The Morgan fingerprint density at radius 2 is 1.87 bits per heavy atom. The number of ether oxygens (including phenoxy) is 2. The molecule has 3 heterocycles. The average Bonchev–Trinajstić information content (AvgIpc) is 3.49. The van der Waals surface area contributed by atoms with Gasteiger partial charge in [0.05, 0.1) is 29.4 Å². The lowest BCUT2D eigenvalue weighted by Crippen LogP contribution is -2.47. The monoisotopic (exact) mass is 544 g/mol. The summed E-state index contributed by atoms with van der Waals surface area (Å²) in [4.78, 5) is 20.1. The Labute approximate surface area is 234 Å². The van der Waals surface area contributed by atoms with Crippen molar-refractivity contribution < 1.29 is 14.3 Å². The molecule has 1 aromatic heterocycles. The van der Waals surface area contributed by atoms with Gasteiger partial charge in [-0.3, -0.25) is 4.79 Å². The number of para-hydroxylation sites is 1. The van der Waals surface area contributed by atoms with Crippen molar-refractivity contribution in [3.8, 4) is 22.7 Å². The minimum Gasteiger partial charge on any atom is -0.493 e. The summed E-state index contributed by atoms with van der Waals surface area (Å²) >= 11 is 1.42. The Kier molecular flexibility index (Phi) is 8.23. The smallest absolute Gasteiger partial charge is 0.286 e. The van der Waals surface area contributed by atoms with E-state index in [2.05, 4.69) is 36.7 Å². The van der Waals surface area contributed by atoms with Crippen molar-refractivity contribution in [1.82, 2.24) is 14.7 Å². The zero-order valence-electron chi connectivity index (χ0n) is 23.3. The van der Waals surface area contributed by atoms with E-state index >= 15 is 0 Å². The molecule has 39 heavy (non-hydrogen) atoms. The summed E-state index contributed by atoms with van der Waals surface area (Å²) in [6, 6.07) is 16.2. The van der Waals surface area contributed by atoms with Gasteiger partial charge in [-0.15, -0.1) is 0 Å². The van der Waals surface area contributed by atoms with E-state index < -0.39 is 0 Å². The van der Waals surface area contributed by atoms with Crippen LogP contribution in [0.15, 0.2) is 64.6 Å². The fraction of sp³-hybridized carbons (Fsp3) is 0.387. The molecule has 0 N–H and O–H groups in total. The Bertz CT molecular complexity index is 1390. The van der Waals surface area contributed by atoms with Crippen molar-refractivity contribution >= 4 is 28.9 Å². The van der Waals surface area contributed by atoms with Gasteiger partial charge in [0.15, 0.2) is 5.17 Å². The summed E-state index contributed by atoms with van der Waals surface area (Å²) < 4.78 is 13.8. The highest BCUT2D eigenvalue weighted by Crippen LogP contribution is 2.35. The van der Waals surface area contributed by atoms with Crippen LogP contribution in [-0.2, 0) is 9.53 Å². The van der Waals surface area contributed by atoms with Crippen molar-refractivity contribution in [2.45, 2.75) is 53.2 Å². The van der Waals surface area contributed by atoms with Crippen LogP contribution in [0.3, 0.4) is 0 Å². The molecular weight excluding hydrogens is 508 g/mol. The number of rotatable bonds is 7. The van der Waals surface area contributed by atoms with E-state index in [0.29, 0.717) is 17.4 Å². The number of hydrogen-bond donors (Lipinski definition) is 0. The van der Waals surface area contributed by atoms with Crippen molar-refractivity contribution in [3.63, 3.8) is 0 Å². The molecule has 2 aliphatic rings. The van der Waals surface area contributed by atoms with E-state index in [4.69, 9.17) is 14.6 Å². The summed E-state index contributed by atoms with van der Waals surface area (Å²) in [5.41, 5.74) is 4.64. The summed E-state index contributed by atoms with van der Waals surface area (Å²) in [7, 11) is 0. The quantitative estimate of drug-likeness (QED) is 0.323. The van der Waals surface area contributed by atoms with Gasteiger partial charge in [0, 0.05) is 30.4 Å². The zero-order chi connectivity index (χ0) is 27.5. The largest absolute Gasteiger partial charge is 0.493 e. The molecule has 0 spiro atoms. The molecule has 8 heteroatoms. The molecule has 0 saturated carbocycles. The Hall–Kier alpha value is -3.36. The van der Waals surface area contributed by atoms with Crippen molar-refractivity contribution in [2.75, 3.05) is 19.7 Å². The first kappa shape index (κ1) is 27.2. The highest BCUT2D eigenvalue weighted by atomic mass is 32.2. The predicted molar refractivity (Wildman–Crippen MR) is 158 cm³/mol. The number of aryl methyl sites for hydroxylation is 1. The number of carbonyl (C=O) groups excluding carboxylic acids is 1. The van der Waals surface area contributed by atoms with Gasteiger partial charge < -0.3 is 14.4 Å². The van der Waals surface area contributed by atoms with Gasteiger partial charge in [-0.05, 0) is 86.8 Å². The Morgan fingerprint density at radius 3 is 2.56 bits per heavy atom. The van der Waals surface area contributed by atoms with Crippen molar-refractivity contribution in [3.05, 3.63) is 70.8 Å². The molecule has 0 radical (unpaired) electrons. The zero-order valence-corrected chi connectivity index (χ0v) is 24.1. The third kappa shape index (κ3) is 6.45. The standard InChI is InChI=1S/C31H36N4O3S/c1-20(2)13-14-37-27-12-11-24(15-21(27)3)29-25(19-35(33-29)26-9-7-6-8-10-26)16-28-30(36)32-31(39-28)34-17-22(4)38-23(5)18-34/h6-12,15-16,19-20,22-23H,13-14,17-18H2,1-5H3/b28-16-. The fourth-order valence-electron chi connectivity index (χ4n) is 4.80. The van der Waals surface area contributed by atoms with Gasteiger partial charge in [0.25, 0.3) is 5.91 Å². The Morgan fingerprint density at radius 1 is 1.13 bits per heavy atom. The summed E-state index contributed by atoms with van der Waals surface area (Å²) in [5.74, 6) is 1.26. The third-order valence-corrected chi connectivity index (χ3v) is 7.79. The molecule has 0 aliphatic carbocycles. The second-order valence-corrected chi connectivity index (χ2v) is 11.7. The van der Waals surface area contributed by atoms with E-state index in [9.17, 15) is 4.79 Å². The normalized spacial score (nSPS) is 20.7. The maximum Gasteiger partial charge on any atom is 0.286 e. The lowest BCUT2D eigenvalue weighted by Gasteiger charge is -2.35. The van der Waals surface area contributed by atoms with Gasteiger partial charge in [-0.1, -0.05) is 32.0 Å². The lowest BCUT2D eigenvalue weighted by atomic mass is 10.0. The topological polar surface area (TPSA) is 69.0 Å². The maximum atomic E-state index is 13.0. The molecule has 204 valence electrons. The van der Waals surface area contributed by atoms with Crippen molar-refractivity contribution in [2.24, 2.45) is 10.9 Å². The minimum atomic E-state index is -0.217. The molecule has 2 aliphatic heterocycles. The summed E-state index contributed by atoms with van der Waals surface area (Å²) in [6.45, 7) is 12.7. The van der Waals surface area contributed by atoms with Crippen LogP contribution in [0.2, 0.25) is 0 Å². The number of nitrogens with zero attached hydrogens (tertiary/aromatic N) is 4. The van der Waals surface area contributed by atoms with E-state index in [0.717, 1.165) is 58.5 Å². The van der Waals surface area contributed by atoms with Crippen LogP contribution in [-0.4, -0.2) is 57.7 Å². The van der Waals surface area contributed by atoms with Gasteiger partial charge in [0.2, 0.25) is 0 Å². The molecule has 3 aromatic rings. The van der Waals surface area contributed by atoms with Crippen LogP contribution in [0.1, 0.15) is 45.2 Å². The van der Waals surface area contributed by atoms with Gasteiger partial charge >= 0.3 is 0 Å². The highest BCUT2D eigenvalue weighted by molar-refractivity contribution is 8.18. The van der Waals surface area contributed by atoms with Crippen LogP contribution in [0.5, 0.6) is 5.75 Å². The van der Waals surface area contributed by atoms with E-state index in [1.807, 2.05) is 73.3 Å². The molecule has 0 bridgehead atoms.